The van der Waals surface area contributed by atoms with Crippen molar-refractivity contribution in [3.63, 3.8) is 0 Å². The van der Waals surface area contributed by atoms with Crippen molar-refractivity contribution in [3.05, 3.63) is 29.3 Å². The van der Waals surface area contributed by atoms with Crippen molar-refractivity contribution >= 4 is 10.0 Å². The normalized spacial score (nSPS) is 17.9. The molecular formula is C15H24N2O2S. The van der Waals surface area contributed by atoms with Crippen LogP contribution in [0.3, 0.4) is 0 Å². The molecule has 5 heteroatoms. The summed E-state index contributed by atoms with van der Waals surface area (Å²) in [4.78, 5) is 0.449. The minimum absolute atomic E-state index is 0.368. The second-order valence-corrected chi connectivity index (χ2v) is 7.22. The summed E-state index contributed by atoms with van der Waals surface area (Å²) in [6.45, 7) is 3.63. The predicted molar refractivity (Wildman–Crippen MR) is 80.9 cm³/mol. The number of sulfonamides is 1. The Balaban J connectivity index is 2.41. The van der Waals surface area contributed by atoms with Crippen molar-refractivity contribution in [2.75, 3.05) is 13.1 Å². The first-order valence-corrected chi connectivity index (χ1v) is 8.85. The molecule has 0 saturated carbocycles. The van der Waals surface area contributed by atoms with E-state index in [9.17, 15) is 8.42 Å². The largest absolute Gasteiger partial charge is 0.326 e. The van der Waals surface area contributed by atoms with E-state index < -0.39 is 10.0 Å². The van der Waals surface area contributed by atoms with E-state index in [0.717, 1.165) is 36.8 Å². The van der Waals surface area contributed by atoms with Crippen molar-refractivity contribution in [3.8, 4) is 0 Å². The van der Waals surface area contributed by atoms with Gasteiger partial charge in [0.05, 0.1) is 4.90 Å². The fourth-order valence-corrected chi connectivity index (χ4v) is 4.54. The highest BCUT2D eigenvalue weighted by atomic mass is 32.2. The number of nitrogens with two attached hydrogens (primary N) is 1. The zero-order chi connectivity index (χ0) is 14.6. The van der Waals surface area contributed by atoms with E-state index in [-0.39, 0.29) is 0 Å². The molecule has 20 heavy (non-hydrogen) atoms. The Kier molecular flexibility index (Phi) is 5.18. The van der Waals surface area contributed by atoms with Crippen LogP contribution in [0.4, 0.5) is 0 Å². The number of hydrogen-bond donors (Lipinski definition) is 1. The highest BCUT2D eigenvalue weighted by molar-refractivity contribution is 7.89. The Labute approximate surface area is 122 Å². The van der Waals surface area contributed by atoms with Gasteiger partial charge in [-0.25, -0.2) is 8.42 Å². The number of nitrogens with zero attached hydrogens (tertiary/aromatic N) is 1. The Morgan fingerprint density at radius 1 is 1.15 bits per heavy atom. The molecule has 0 aliphatic carbocycles. The molecule has 1 fully saturated rings. The average Bonchev–Trinajstić information content (AvgIpc) is 2.76. The predicted octanol–water partition coefficient (Wildman–Crippen LogP) is 2.27. The molecule has 2 rings (SSSR count). The summed E-state index contributed by atoms with van der Waals surface area (Å²) in [7, 11) is -3.38. The highest BCUT2D eigenvalue weighted by Gasteiger charge is 2.27. The minimum Gasteiger partial charge on any atom is -0.326 e. The molecule has 0 atom stereocenters. The topological polar surface area (TPSA) is 63.4 Å². The van der Waals surface area contributed by atoms with Crippen LogP contribution in [0.2, 0.25) is 0 Å². The Morgan fingerprint density at radius 2 is 1.80 bits per heavy atom. The van der Waals surface area contributed by atoms with Gasteiger partial charge in [-0.3, -0.25) is 0 Å². The minimum atomic E-state index is -3.38. The van der Waals surface area contributed by atoms with E-state index in [0.29, 0.717) is 31.0 Å². The first kappa shape index (κ1) is 15.5. The second kappa shape index (κ2) is 6.70. The maximum atomic E-state index is 12.9. The summed E-state index contributed by atoms with van der Waals surface area (Å²) >= 11 is 0. The van der Waals surface area contributed by atoms with Gasteiger partial charge in [0.15, 0.2) is 0 Å². The number of hydrogen-bond acceptors (Lipinski definition) is 3. The third-order valence-electron chi connectivity index (χ3n) is 3.93. The van der Waals surface area contributed by atoms with Crippen molar-refractivity contribution < 1.29 is 8.42 Å². The van der Waals surface area contributed by atoms with E-state index in [2.05, 4.69) is 0 Å². The smallest absolute Gasteiger partial charge is 0.243 e. The first-order valence-electron chi connectivity index (χ1n) is 7.41. The molecule has 4 nitrogen and oxygen atoms in total. The second-order valence-electron chi connectivity index (χ2n) is 5.32. The molecule has 1 aliphatic heterocycles. The molecule has 1 aromatic rings. The van der Waals surface area contributed by atoms with Gasteiger partial charge in [-0.1, -0.05) is 31.9 Å². The van der Waals surface area contributed by atoms with Crippen LogP contribution >= 0.6 is 0 Å². The summed E-state index contributed by atoms with van der Waals surface area (Å²) in [6.07, 6.45) is 4.87. The van der Waals surface area contributed by atoms with E-state index in [1.54, 1.807) is 10.4 Å². The molecule has 0 bridgehead atoms. The lowest BCUT2D eigenvalue weighted by atomic mass is 10.1. The maximum absolute atomic E-state index is 12.9. The molecule has 1 aromatic carbocycles. The monoisotopic (exact) mass is 296 g/mol. The van der Waals surface area contributed by atoms with Gasteiger partial charge in [0.1, 0.15) is 0 Å². The molecule has 0 unspecified atom stereocenters. The lowest BCUT2D eigenvalue weighted by Crippen LogP contribution is -2.32. The van der Waals surface area contributed by atoms with Crippen LogP contribution in [-0.2, 0) is 23.0 Å². The zero-order valence-corrected chi connectivity index (χ0v) is 13.0. The van der Waals surface area contributed by atoms with Gasteiger partial charge in [-0.05, 0) is 36.5 Å². The van der Waals surface area contributed by atoms with Crippen molar-refractivity contribution in [2.24, 2.45) is 5.73 Å². The summed E-state index contributed by atoms with van der Waals surface area (Å²) in [5, 5.41) is 0. The van der Waals surface area contributed by atoms with Gasteiger partial charge in [-0.15, -0.1) is 0 Å². The molecular weight excluding hydrogens is 272 g/mol. The van der Waals surface area contributed by atoms with Crippen molar-refractivity contribution in [1.29, 1.82) is 0 Å². The molecule has 0 amide bonds. The number of aryl methyl sites for hydroxylation is 1. The van der Waals surface area contributed by atoms with Crippen LogP contribution < -0.4 is 5.73 Å². The number of rotatable bonds is 4. The van der Waals surface area contributed by atoms with Gasteiger partial charge in [-0.2, -0.15) is 4.31 Å². The van der Waals surface area contributed by atoms with Crippen LogP contribution in [0.15, 0.2) is 23.1 Å². The zero-order valence-electron chi connectivity index (χ0n) is 12.1. The summed E-state index contributed by atoms with van der Waals surface area (Å²) in [5.41, 5.74) is 7.40. The molecule has 1 heterocycles. The van der Waals surface area contributed by atoms with E-state index >= 15 is 0 Å². The standard InChI is InChI=1S/C15H24N2O2S/c1-2-14-8-7-13(12-16)11-15(14)20(18,19)17-9-5-3-4-6-10-17/h7-8,11H,2-6,9-10,12,16H2,1H3. The van der Waals surface area contributed by atoms with Crippen molar-refractivity contribution in [2.45, 2.75) is 50.5 Å². The molecule has 1 saturated heterocycles. The third-order valence-corrected chi connectivity index (χ3v) is 5.91. The van der Waals surface area contributed by atoms with Crippen LogP contribution in [0.25, 0.3) is 0 Å². The van der Waals surface area contributed by atoms with Gasteiger partial charge in [0.25, 0.3) is 0 Å². The Morgan fingerprint density at radius 3 is 2.35 bits per heavy atom. The summed E-state index contributed by atoms with van der Waals surface area (Å²) in [5.74, 6) is 0. The van der Waals surface area contributed by atoms with Crippen LogP contribution in [0, 0.1) is 0 Å². The summed E-state index contributed by atoms with van der Waals surface area (Å²) < 4.78 is 27.4. The van der Waals surface area contributed by atoms with Crippen LogP contribution in [0.1, 0.15) is 43.7 Å². The van der Waals surface area contributed by atoms with E-state index in [4.69, 9.17) is 5.73 Å². The molecule has 2 N–H and O–H groups in total. The van der Waals surface area contributed by atoms with E-state index in [1.165, 1.54) is 0 Å². The van der Waals surface area contributed by atoms with E-state index in [1.807, 2.05) is 19.1 Å². The fourth-order valence-electron chi connectivity index (χ4n) is 2.68. The Bertz CT molecular complexity index is 547. The lowest BCUT2D eigenvalue weighted by molar-refractivity contribution is 0.423. The molecule has 112 valence electrons. The quantitative estimate of drug-likeness (QED) is 0.927. The molecule has 0 radical (unpaired) electrons. The average molecular weight is 296 g/mol. The van der Waals surface area contributed by atoms with Gasteiger partial charge in [0, 0.05) is 19.6 Å². The fraction of sp³-hybridized carbons (Fsp3) is 0.600. The lowest BCUT2D eigenvalue weighted by Gasteiger charge is -2.22. The van der Waals surface area contributed by atoms with Gasteiger partial charge in [0.2, 0.25) is 10.0 Å². The van der Waals surface area contributed by atoms with Crippen molar-refractivity contribution in [1.82, 2.24) is 4.31 Å². The molecule has 0 spiro atoms. The highest BCUT2D eigenvalue weighted by Crippen LogP contribution is 2.24. The Hall–Kier alpha value is -0.910. The van der Waals surface area contributed by atoms with Crippen LogP contribution in [0.5, 0.6) is 0 Å². The van der Waals surface area contributed by atoms with Gasteiger partial charge < -0.3 is 5.73 Å². The molecule has 0 aromatic heterocycles. The first-order chi connectivity index (χ1) is 9.59. The van der Waals surface area contributed by atoms with Gasteiger partial charge >= 0.3 is 0 Å². The SMILES string of the molecule is CCc1ccc(CN)cc1S(=O)(=O)N1CCCCCC1. The van der Waals surface area contributed by atoms with Crippen LogP contribution in [-0.4, -0.2) is 25.8 Å². The third kappa shape index (κ3) is 3.22. The maximum Gasteiger partial charge on any atom is 0.243 e. The summed E-state index contributed by atoms with van der Waals surface area (Å²) in [6, 6.07) is 5.56. The number of benzene rings is 1. The molecule has 1 aliphatic rings.